The number of nitrogens with one attached hydrogen (secondary N) is 2. The largest absolute Gasteiger partial charge is 0.354 e. The SMILES string of the molecule is CC1(C(=O)NCCn2c(-c3sccc3Cl)c(-c3cccnc3)c3nc[nH]c(=O)c32)CCCCC1. The van der Waals surface area contributed by atoms with Crippen molar-refractivity contribution in [1.82, 2.24) is 24.8 Å². The molecular formula is C25H26ClN5O2S. The summed E-state index contributed by atoms with van der Waals surface area (Å²) in [5.41, 5.74) is 2.95. The first-order chi connectivity index (χ1) is 16.5. The topological polar surface area (TPSA) is 92.7 Å². The van der Waals surface area contributed by atoms with Crippen molar-refractivity contribution >= 4 is 39.9 Å². The Bertz CT molecular complexity index is 1390. The average molecular weight is 496 g/mol. The van der Waals surface area contributed by atoms with Crippen molar-refractivity contribution in [3.63, 3.8) is 0 Å². The highest BCUT2D eigenvalue weighted by Crippen LogP contribution is 2.43. The van der Waals surface area contributed by atoms with Crippen LogP contribution in [-0.2, 0) is 11.3 Å². The summed E-state index contributed by atoms with van der Waals surface area (Å²) in [4.78, 5) is 38.4. The van der Waals surface area contributed by atoms with Crippen molar-refractivity contribution < 1.29 is 4.79 Å². The number of carbonyl (C=O) groups is 1. The van der Waals surface area contributed by atoms with Crippen LogP contribution in [0.2, 0.25) is 5.02 Å². The Morgan fingerprint density at radius 2 is 2.12 bits per heavy atom. The van der Waals surface area contributed by atoms with Gasteiger partial charge in [0.15, 0.2) is 0 Å². The molecule has 0 aliphatic heterocycles. The van der Waals surface area contributed by atoms with Crippen molar-refractivity contribution in [2.24, 2.45) is 5.41 Å². The van der Waals surface area contributed by atoms with Crippen LogP contribution in [0.15, 0.2) is 47.1 Å². The molecule has 4 aromatic rings. The molecule has 2 N–H and O–H groups in total. The zero-order chi connectivity index (χ0) is 23.7. The van der Waals surface area contributed by atoms with Crippen LogP contribution in [0.3, 0.4) is 0 Å². The highest BCUT2D eigenvalue weighted by molar-refractivity contribution is 7.14. The normalized spacial score (nSPS) is 15.5. The number of carbonyl (C=O) groups excluding carboxylic acids is 1. The quantitative estimate of drug-likeness (QED) is 0.382. The van der Waals surface area contributed by atoms with E-state index in [-0.39, 0.29) is 16.9 Å². The summed E-state index contributed by atoms with van der Waals surface area (Å²) in [6.07, 6.45) is 10.1. The Balaban J connectivity index is 1.59. The number of amides is 1. The van der Waals surface area contributed by atoms with E-state index >= 15 is 0 Å². The molecule has 1 saturated carbocycles. The number of aromatic amines is 1. The van der Waals surface area contributed by atoms with Crippen molar-refractivity contribution in [3.8, 4) is 21.7 Å². The third-order valence-electron chi connectivity index (χ3n) is 6.75. The molecule has 0 aromatic carbocycles. The maximum atomic E-state index is 13.0. The van der Waals surface area contributed by atoms with Crippen LogP contribution in [0.1, 0.15) is 39.0 Å². The lowest BCUT2D eigenvalue weighted by molar-refractivity contribution is -0.131. The molecule has 0 radical (unpaired) electrons. The lowest BCUT2D eigenvalue weighted by Crippen LogP contribution is -2.41. The molecule has 0 unspecified atom stereocenters. The van der Waals surface area contributed by atoms with Crippen molar-refractivity contribution in [1.29, 1.82) is 0 Å². The predicted molar refractivity (Wildman–Crippen MR) is 136 cm³/mol. The molecule has 0 saturated heterocycles. The Morgan fingerprint density at radius 3 is 2.82 bits per heavy atom. The van der Waals surface area contributed by atoms with Gasteiger partial charge in [-0.3, -0.25) is 14.6 Å². The van der Waals surface area contributed by atoms with Crippen molar-refractivity contribution in [3.05, 3.63) is 57.7 Å². The fourth-order valence-electron chi connectivity index (χ4n) is 4.95. The minimum Gasteiger partial charge on any atom is -0.354 e. The molecule has 5 rings (SSSR count). The molecule has 0 bridgehead atoms. The number of hydrogen-bond acceptors (Lipinski definition) is 5. The fraction of sp³-hybridized carbons (Fsp3) is 0.360. The number of H-pyrrole nitrogens is 1. The van der Waals surface area contributed by atoms with Gasteiger partial charge in [-0.15, -0.1) is 11.3 Å². The molecule has 7 nitrogen and oxygen atoms in total. The van der Waals surface area contributed by atoms with Gasteiger partial charge in [-0.1, -0.05) is 43.9 Å². The fourth-order valence-corrected chi connectivity index (χ4v) is 6.15. The van der Waals surface area contributed by atoms with E-state index in [0.29, 0.717) is 29.1 Å². The number of pyridine rings is 1. The number of halogens is 1. The maximum Gasteiger partial charge on any atom is 0.275 e. The molecule has 4 aromatic heterocycles. The summed E-state index contributed by atoms with van der Waals surface area (Å²) in [6, 6.07) is 5.65. The van der Waals surface area contributed by atoms with Crippen LogP contribution in [0, 0.1) is 5.41 Å². The number of nitrogens with zero attached hydrogens (tertiary/aromatic N) is 3. The number of thiophene rings is 1. The van der Waals surface area contributed by atoms with Crippen molar-refractivity contribution in [2.45, 2.75) is 45.6 Å². The lowest BCUT2D eigenvalue weighted by Gasteiger charge is -2.32. The van der Waals surface area contributed by atoms with Gasteiger partial charge in [0.25, 0.3) is 5.56 Å². The minimum atomic E-state index is -0.323. The summed E-state index contributed by atoms with van der Waals surface area (Å²) in [7, 11) is 0. The van der Waals surface area contributed by atoms with Crippen LogP contribution in [0.4, 0.5) is 0 Å². The monoisotopic (exact) mass is 495 g/mol. The van der Waals surface area contributed by atoms with Crippen LogP contribution < -0.4 is 10.9 Å². The molecule has 0 spiro atoms. The Morgan fingerprint density at radius 1 is 1.29 bits per heavy atom. The van der Waals surface area contributed by atoms with E-state index in [2.05, 4.69) is 27.2 Å². The molecule has 1 aliphatic rings. The third kappa shape index (κ3) is 4.05. The second-order valence-corrected chi connectivity index (χ2v) is 10.3. The van der Waals surface area contributed by atoms with Gasteiger partial charge in [-0.2, -0.15) is 0 Å². The second kappa shape index (κ2) is 9.35. The van der Waals surface area contributed by atoms with E-state index in [9.17, 15) is 9.59 Å². The van der Waals surface area contributed by atoms with Crippen LogP contribution >= 0.6 is 22.9 Å². The summed E-state index contributed by atoms with van der Waals surface area (Å²) >= 11 is 8.09. The van der Waals surface area contributed by atoms with Crippen LogP contribution in [0.25, 0.3) is 32.7 Å². The third-order valence-corrected chi connectivity index (χ3v) is 8.10. The van der Waals surface area contributed by atoms with E-state index in [1.807, 2.05) is 28.1 Å². The molecule has 0 atom stereocenters. The first-order valence-corrected chi connectivity index (χ1v) is 12.8. The van der Waals surface area contributed by atoms with Gasteiger partial charge >= 0.3 is 0 Å². The molecular weight excluding hydrogens is 470 g/mol. The first kappa shape index (κ1) is 22.8. The van der Waals surface area contributed by atoms with Crippen molar-refractivity contribution in [2.75, 3.05) is 6.54 Å². The smallest absolute Gasteiger partial charge is 0.275 e. The summed E-state index contributed by atoms with van der Waals surface area (Å²) in [5.74, 6) is 0.0823. The van der Waals surface area contributed by atoms with Gasteiger partial charge in [-0.05, 0) is 30.4 Å². The molecule has 1 amide bonds. The molecule has 1 fully saturated rings. The molecule has 34 heavy (non-hydrogen) atoms. The standard InChI is InChI=1S/C25H26ClN5O2S/c1-25(8-3-2-4-9-25)24(33)28-11-12-31-20(22-17(26)7-13-34-22)18(16-6-5-10-27-14-16)19-21(31)23(32)30-15-29-19/h5-7,10,13-15H,2-4,8-9,11-12H2,1H3,(H,28,33)(H,29,30,32). The van der Waals surface area contributed by atoms with E-state index in [4.69, 9.17) is 11.6 Å². The molecule has 176 valence electrons. The predicted octanol–water partition coefficient (Wildman–Crippen LogP) is 5.26. The Hall–Kier alpha value is -2.97. The van der Waals surface area contributed by atoms with Gasteiger partial charge in [0.05, 0.1) is 21.9 Å². The van der Waals surface area contributed by atoms with Crippen LogP contribution in [0.5, 0.6) is 0 Å². The zero-order valence-corrected chi connectivity index (χ0v) is 20.5. The highest BCUT2D eigenvalue weighted by Gasteiger charge is 2.34. The molecule has 4 heterocycles. The summed E-state index contributed by atoms with van der Waals surface area (Å²) in [6.45, 7) is 2.87. The van der Waals surface area contributed by atoms with Crippen LogP contribution in [-0.4, -0.2) is 32.0 Å². The van der Waals surface area contributed by atoms with E-state index in [1.165, 1.54) is 24.1 Å². The van der Waals surface area contributed by atoms with Gasteiger partial charge in [0, 0.05) is 42.0 Å². The molecule has 9 heteroatoms. The second-order valence-electron chi connectivity index (χ2n) is 9.02. The lowest BCUT2D eigenvalue weighted by atomic mass is 9.75. The first-order valence-electron chi connectivity index (χ1n) is 11.5. The molecule has 1 aliphatic carbocycles. The maximum absolute atomic E-state index is 13.0. The number of hydrogen-bond donors (Lipinski definition) is 2. The van der Waals surface area contributed by atoms with E-state index < -0.39 is 0 Å². The highest BCUT2D eigenvalue weighted by atomic mass is 35.5. The summed E-state index contributed by atoms with van der Waals surface area (Å²) in [5, 5.41) is 5.66. The Kier molecular flexibility index (Phi) is 6.27. The number of fused-ring (bicyclic) bond motifs is 1. The van der Waals surface area contributed by atoms with E-state index in [0.717, 1.165) is 47.4 Å². The average Bonchev–Trinajstić information content (AvgIpc) is 3.41. The van der Waals surface area contributed by atoms with E-state index in [1.54, 1.807) is 12.4 Å². The van der Waals surface area contributed by atoms with Gasteiger partial charge < -0.3 is 14.9 Å². The number of rotatable bonds is 6. The minimum absolute atomic E-state index is 0.0823. The number of aromatic nitrogens is 4. The Labute approximate surface area is 206 Å². The zero-order valence-electron chi connectivity index (χ0n) is 18.9. The van der Waals surface area contributed by atoms with Gasteiger partial charge in [-0.25, -0.2) is 4.98 Å². The van der Waals surface area contributed by atoms with Gasteiger partial charge in [0.2, 0.25) is 5.91 Å². The summed E-state index contributed by atoms with van der Waals surface area (Å²) < 4.78 is 1.94. The van der Waals surface area contributed by atoms with Gasteiger partial charge in [0.1, 0.15) is 11.0 Å².